The molecule has 0 heterocycles. The van der Waals surface area contributed by atoms with Crippen LogP contribution in [0.2, 0.25) is 0 Å². The van der Waals surface area contributed by atoms with Gasteiger partial charge in [0.05, 0.1) is 0 Å². The normalized spacial score (nSPS) is 14.6. The summed E-state index contributed by atoms with van der Waals surface area (Å²) in [6.07, 6.45) is 19.6. The standard InChI is InChI=1S/C18H24O2S/c1-5-6-7-8-9-10-11-12-13-14-16(19)15-17(20)21-18(2,3)4/h5-15,19H,1-4H3/b6-5+,8-7+,10-9+,12-11+,14-13+,16-15-. The van der Waals surface area contributed by atoms with E-state index in [1.54, 1.807) is 12.2 Å². The lowest BCUT2D eigenvalue weighted by atomic mass is 10.3. The Bertz CT molecular complexity index is 484. The lowest BCUT2D eigenvalue weighted by molar-refractivity contribution is -0.107. The Morgan fingerprint density at radius 2 is 1.38 bits per heavy atom. The number of carbonyl (C=O) groups excluding carboxylic acids is 1. The Kier molecular flexibility index (Phi) is 10.1. The van der Waals surface area contributed by atoms with Crippen LogP contribution in [0.15, 0.2) is 72.6 Å². The Labute approximate surface area is 132 Å². The summed E-state index contributed by atoms with van der Waals surface area (Å²) in [6.45, 7) is 7.83. The fourth-order valence-corrected chi connectivity index (χ4v) is 1.93. The molecule has 0 aliphatic heterocycles. The molecule has 0 amide bonds. The van der Waals surface area contributed by atoms with Gasteiger partial charge in [0.15, 0.2) is 0 Å². The Balaban J connectivity index is 4.26. The maximum Gasteiger partial charge on any atom is 0.216 e. The largest absolute Gasteiger partial charge is 0.508 e. The average Bonchev–Trinajstić information content (AvgIpc) is 2.34. The highest BCUT2D eigenvalue weighted by atomic mass is 32.2. The topological polar surface area (TPSA) is 37.3 Å². The summed E-state index contributed by atoms with van der Waals surface area (Å²) >= 11 is 1.19. The van der Waals surface area contributed by atoms with E-state index in [1.807, 2.05) is 70.2 Å². The van der Waals surface area contributed by atoms with E-state index in [4.69, 9.17) is 0 Å². The van der Waals surface area contributed by atoms with Gasteiger partial charge in [-0.3, -0.25) is 4.79 Å². The number of aliphatic hydroxyl groups is 1. The second kappa shape index (κ2) is 11.0. The minimum Gasteiger partial charge on any atom is -0.508 e. The molecule has 0 aromatic rings. The van der Waals surface area contributed by atoms with E-state index in [0.29, 0.717) is 0 Å². The first-order valence-electron chi connectivity index (χ1n) is 6.78. The second-order valence-electron chi connectivity index (χ2n) is 5.14. The zero-order valence-corrected chi connectivity index (χ0v) is 13.9. The van der Waals surface area contributed by atoms with Gasteiger partial charge < -0.3 is 5.11 Å². The van der Waals surface area contributed by atoms with Gasteiger partial charge in [0.1, 0.15) is 5.76 Å². The molecule has 0 fully saturated rings. The van der Waals surface area contributed by atoms with Gasteiger partial charge in [0.2, 0.25) is 5.12 Å². The minimum absolute atomic E-state index is 0.0432. The van der Waals surface area contributed by atoms with Gasteiger partial charge in [-0.15, -0.1) is 0 Å². The van der Waals surface area contributed by atoms with E-state index in [-0.39, 0.29) is 15.6 Å². The Morgan fingerprint density at radius 1 is 0.905 bits per heavy atom. The predicted octanol–water partition coefficient (Wildman–Crippen LogP) is 5.29. The van der Waals surface area contributed by atoms with Crippen molar-refractivity contribution in [2.24, 2.45) is 0 Å². The highest BCUT2D eigenvalue weighted by Gasteiger charge is 2.15. The van der Waals surface area contributed by atoms with Gasteiger partial charge in [-0.25, -0.2) is 0 Å². The van der Waals surface area contributed by atoms with Crippen molar-refractivity contribution in [1.82, 2.24) is 0 Å². The summed E-state index contributed by atoms with van der Waals surface area (Å²) in [7, 11) is 0. The fraction of sp³-hybridized carbons (Fsp3) is 0.278. The number of rotatable bonds is 6. The maximum atomic E-state index is 11.6. The van der Waals surface area contributed by atoms with Crippen molar-refractivity contribution in [3.05, 3.63) is 72.6 Å². The lowest BCUT2D eigenvalue weighted by Gasteiger charge is -2.14. The van der Waals surface area contributed by atoms with Gasteiger partial charge in [0.25, 0.3) is 0 Å². The van der Waals surface area contributed by atoms with Crippen LogP contribution in [0.4, 0.5) is 0 Å². The molecule has 0 aliphatic rings. The lowest BCUT2D eigenvalue weighted by Crippen LogP contribution is -2.10. The molecule has 0 spiro atoms. The minimum atomic E-state index is -0.150. The van der Waals surface area contributed by atoms with E-state index in [2.05, 4.69) is 0 Å². The van der Waals surface area contributed by atoms with Crippen LogP contribution in [-0.2, 0) is 4.79 Å². The molecule has 21 heavy (non-hydrogen) atoms. The van der Waals surface area contributed by atoms with Crippen molar-refractivity contribution in [2.45, 2.75) is 32.4 Å². The van der Waals surface area contributed by atoms with Crippen LogP contribution in [0, 0.1) is 0 Å². The van der Waals surface area contributed by atoms with E-state index in [0.717, 1.165) is 0 Å². The highest BCUT2D eigenvalue weighted by Crippen LogP contribution is 2.24. The molecule has 0 radical (unpaired) electrons. The van der Waals surface area contributed by atoms with Crippen molar-refractivity contribution < 1.29 is 9.90 Å². The first kappa shape index (κ1) is 19.3. The fourth-order valence-electron chi connectivity index (χ4n) is 1.15. The van der Waals surface area contributed by atoms with Crippen molar-refractivity contribution in [3.63, 3.8) is 0 Å². The smallest absolute Gasteiger partial charge is 0.216 e. The zero-order chi connectivity index (χ0) is 16.1. The number of aliphatic hydroxyl groups excluding tert-OH is 1. The molecule has 114 valence electrons. The molecular formula is C18H24O2S. The molecule has 0 saturated heterocycles. The van der Waals surface area contributed by atoms with Crippen molar-refractivity contribution in [1.29, 1.82) is 0 Å². The van der Waals surface area contributed by atoms with Crippen molar-refractivity contribution in [2.75, 3.05) is 0 Å². The molecule has 3 heteroatoms. The molecule has 0 aromatic heterocycles. The molecule has 0 aromatic carbocycles. The van der Waals surface area contributed by atoms with Gasteiger partial charge in [-0.05, 0) is 13.0 Å². The Hall–Kier alpha value is -1.74. The molecule has 0 aliphatic carbocycles. The molecule has 0 saturated carbocycles. The van der Waals surface area contributed by atoms with Crippen LogP contribution in [0.25, 0.3) is 0 Å². The molecular weight excluding hydrogens is 280 g/mol. The summed E-state index contributed by atoms with van der Waals surface area (Å²) in [5, 5.41) is 9.44. The Morgan fingerprint density at radius 3 is 1.86 bits per heavy atom. The molecule has 2 nitrogen and oxygen atoms in total. The monoisotopic (exact) mass is 304 g/mol. The quantitative estimate of drug-likeness (QED) is 0.412. The third kappa shape index (κ3) is 14.5. The summed E-state index contributed by atoms with van der Waals surface area (Å²) < 4.78 is -0.150. The number of hydrogen-bond donors (Lipinski definition) is 1. The molecule has 1 N–H and O–H groups in total. The molecule has 0 rings (SSSR count). The predicted molar refractivity (Wildman–Crippen MR) is 94.4 cm³/mol. The summed E-state index contributed by atoms with van der Waals surface area (Å²) in [5.41, 5.74) is 0. The van der Waals surface area contributed by atoms with Crippen LogP contribution >= 0.6 is 11.8 Å². The summed E-state index contributed by atoms with van der Waals surface area (Å²) in [5.74, 6) is -0.0432. The molecule has 0 unspecified atom stereocenters. The third-order valence-electron chi connectivity index (χ3n) is 1.91. The van der Waals surface area contributed by atoms with Crippen LogP contribution in [0.3, 0.4) is 0 Å². The van der Waals surface area contributed by atoms with Crippen LogP contribution in [0.1, 0.15) is 27.7 Å². The van der Waals surface area contributed by atoms with Crippen LogP contribution < -0.4 is 0 Å². The summed E-state index contributed by atoms with van der Waals surface area (Å²) in [4.78, 5) is 11.6. The summed E-state index contributed by atoms with van der Waals surface area (Å²) in [6, 6.07) is 0. The van der Waals surface area contributed by atoms with Crippen molar-refractivity contribution >= 4 is 16.9 Å². The number of allylic oxidation sites excluding steroid dienone is 10. The van der Waals surface area contributed by atoms with Gasteiger partial charge in [-0.1, -0.05) is 87.2 Å². The molecule has 0 bridgehead atoms. The number of thioether (sulfide) groups is 1. The van der Waals surface area contributed by atoms with Crippen molar-refractivity contribution in [3.8, 4) is 0 Å². The SMILES string of the molecule is C/C=C/C=C/C=C/C=C/C=C/C(O)=C/C(=O)SC(C)(C)C. The number of carbonyl (C=O) groups is 1. The maximum absolute atomic E-state index is 11.6. The van der Waals surface area contributed by atoms with Gasteiger partial charge >= 0.3 is 0 Å². The average molecular weight is 304 g/mol. The van der Waals surface area contributed by atoms with Gasteiger partial charge in [-0.2, -0.15) is 0 Å². The van der Waals surface area contributed by atoms with Crippen LogP contribution in [0.5, 0.6) is 0 Å². The number of hydrogen-bond acceptors (Lipinski definition) is 3. The van der Waals surface area contributed by atoms with E-state index >= 15 is 0 Å². The zero-order valence-electron chi connectivity index (χ0n) is 13.1. The van der Waals surface area contributed by atoms with Crippen LogP contribution in [-0.4, -0.2) is 15.0 Å². The van der Waals surface area contributed by atoms with E-state index < -0.39 is 0 Å². The highest BCUT2D eigenvalue weighted by molar-refractivity contribution is 8.15. The van der Waals surface area contributed by atoms with Gasteiger partial charge in [0, 0.05) is 10.8 Å². The second-order valence-corrected chi connectivity index (χ2v) is 6.97. The first-order valence-corrected chi connectivity index (χ1v) is 7.60. The third-order valence-corrected chi connectivity index (χ3v) is 2.84. The first-order chi connectivity index (χ1) is 9.85. The van der Waals surface area contributed by atoms with E-state index in [1.165, 1.54) is 23.9 Å². The van der Waals surface area contributed by atoms with E-state index in [9.17, 15) is 9.90 Å². The molecule has 0 atom stereocenters.